The summed E-state index contributed by atoms with van der Waals surface area (Å²) in [6.45, 7) is 1.79. The van der Waals surface area contributed by atoms with Crippen molar-refractivity contribution in [3.05, 3.63) is 45.0 Å². The van der Waals surface area contributed by atoms with Crippen molar-refractivity contribution >= 4 is 27.5 Å². The smallest absolute Gasteiger partial charge is 0.231 e. The third kappa shape index (κ3) is 3.55. The van der Waals surface area contributed by atoms with Gasteiger partial charge in [-0.2, -0.15) is 4.98 Å². The predicted molar refractivity (Wildman–Crippen MR) is 95.4 cm³/mol. The number of benzene rings is 1. The van der Waals surface area contributed by atoms with Crippen LogP contribution in [0.3, 0.4) is 0 Å². The summed E-state index contributed by atoms with van der Waals surface area (Å²) in [4.78, 5) is 4.35. The second kappa shape index (κ2) is 7.33. The maximum absolute atomic E-state index is 14.5. The number of nitrogens with two attached hydrogens (primary N) is 1. The van der Waals surface area contributed by atoms with Crippen LogP contribution in [0.4, 0.5) is 4.39 Å². The molecule has 4 nitrogen and oxygen atoms in total. The molecule has 0 aliphatic heterocycles. The molecule has 0 bridgehead atoms. The van der Waals surface area contributed by atoms with E-state index >= 15 is 0 Å². The number of hydrogen-bond donors (Lipinski definition) is 1. The van der Waals surface area contributed by atoms with E-state index in [1.54, 1.807) is 19.1 Å². The van der Waals surface area contributed by atoms with Gasteiger partial charge in [0.25, 0.3) is 0 Å². The molecular weight excluding hydrogens is 397 g/mol. The van der Waals surface area contributed by atoms with Crippen LogP contribution in [-0.4, -0.2) is 16.2 Å². The lowest BCUT2D eigenvalue weighted by Gasteiger charge is -2.16. The molecule has 3 rings (SSSR count). The molecule has 0 radical (unpaired) electrons. The van der Waals surface area contributed by atoms with Crippen molar-refractivity contribution in [1.29, 1.82) is 0 Å². The van der Waals surface area contributed by atoms with Crippen LogP contribution in [0, 0.1) is 0 Å². The molecular formula is C17H18BrClFN3O. The van der Waals surface area contributed by atoms with Gasteiger partial charge in [-0.3, -0.25) is 0 Å². The van der Waals surface area contributed by atoms with Gasteiger partial charge in [-0.25, -0.2) is 4.39 Å². The molecule has 7 heteroatoms. The summed E-state index contributed by atoms with van der Waals surface area (Å²) in [6, 6.07) is 4.63. The van der Waals surface area contributed by atoms with Crippen molar-refractivity contribution in [3.63, 3.8) is 0 Å². The Labute approximate surface area is 153 Å². The number of hydrogen-bond acceptors (Lipinski definition) is 4. The topological polar surface area (TPSA) is 64.9 Å². The summed E-state index contributed by atoms with van der Waals surface area (Å²) in [5.41, 5.74) is 7.56. The molecule has 2 N–H and O–H groups in total. The monoisotopic (exact) mass is 413 g/mol. The van der Waals surface area contributed by atoms with Crippen LogP contribution < -0.4 is 5.73 Å². The number of aromatic nitrogens is 2. The van der Waals surface area contributed by atoms with Crippen LogP contribution in [0.1, 0.15) is 44.4 Å². The van der Waals surface area contributed by atoms with E-state index in [2.05, 4.69) is 26.1 Å². The minimum absolute atomic E-state index is 0.235. The fraction of sp³-hybridized carbons (Fsp3) is 0.412. The summed E-state index contributed by atoms with van der Waals surface area (Å²) in [6.07, 6.45) is 3.62. The summed E-state index contributed by atoms with van der Waals surface area (Å²) in [5, 5.41) is 4.46. The molecule has 1 heterocycles. The third-order valence-corrected chi connectivity index (χ3v) is 5.19. The van der Waals surface area contributed by atoms with Crippen molar-refractivity contribution < 1.29 is 8.91 Å². The van der Waals surface area contributed by atoms with Gasteiger partial charge in [-0.1, -0.05) is 39.6 Å². The van der Waals surface area contributed by atoms with Crippen LogP contribution >= 0.6 is 27.5 Å². The largest absolute Gasteiger partial charge is 0.339 e. The minimum Gasteiger partial charge on any atom is -0.339 e. The Morgan fingerprint density at radius 1 is 1.38 bits per heavy atom. The Balaban J connectivity index is 1.83. The van der Waals surface area contributed by atoms with E-state index in [0.717, 1.165) is 35.7 Å². The Bertz CT molecular complexity index is 769. The summed E-state index contributed by atoms with van der Waals surface area (Å²) < 4.78 is 20.7. The number of nitrogens with zero attached hydrogens (tertiary/aromatic N) is 2. The molecule has 1 aliphatic rings. The van der Waals surface area contributed by atoms with Crippen LogP contribution in [0.25, 0.3) is 11.4 Å². The highest BCUT2D eigenvalue weighted by Crippen LogP contribution is 2.33. The molecule has 24 heavy (non-hydrogen) atoms. The van der Waals surface area contributed by atoms with E-state index in [9.17, 15) is 4.39 Å². The van der Waals surface area contributed by atoms with Gasteiger partial charge in [-0.05, 0) is 49.5 Å². The van der Waals surface area contributed by atoms with E-state index in [0.29, 0.717) is 22.3 Å². The molecule has 0 spiro atoms. The van der Waals surface area contributed by atoms with Crippen molar-refractivity contribution in [2.75, 3.05) is 0 Å². The Morgan fingerprint density at radius 3 is 2.75 bits per heavy atom. The van der Waals surface area contributed by atoms with Gasteiger partial charge < -0.3 is 10.3 Å². The standard InChI is InChI=1S/C17H18BrClFN3O/c1-9(15(21)14(20)10-4-2-3-5-10)17-22-16(23-24-17)12-7-6-11(18)8-13(12)19/h6-9,15H,2-5,21H2,1H3/t9?,15-/m0/s1. The molecule has 128 valence electrons. The van der Waals surface area contributed by atoms with Crippen molar-refractivity contribution in [1.82, 2.24) is 10.1 Å². The van der Waals surface area contributed by atoms with Crippen molar-refractivity contribution in [2.24, 2.45) is 5.73 Å². The average Bonchev–Trinajstić information content (AvgIpc) is 3.24. The quantitative estimate of drug-likeness (QED) is 0.729. The lowest BCUT2D eigenvalue weighted by molar-refractivity contribution is 0.338. The van der Waals surface area contributed by atoms with E-state index < -0.39 is 12.0 Å². The molecule has 1 aliphatic carbocycles. The molecule has 1 fully saturated rings. The summed E-state index contributed by atoms with van der Waals surface area (Å²) in [5.74, 6) is 0.0377. The molecule has 1 saturated carbocycles. The van der Waals surface area contributed by atoms with E-state index in [-0.39, 0.29) is 5.83 Å². The van der Waals surface area contributed by atoms with Crippen LogP contribution in [0.15, 0.2) is 38.6 Å². The molecule has 1 unspecified atom stereocenters. The Hall–Kier alpha value is -1.24. The number of halogens is 3. The molecule has 0 saturated heterocycles. The Kier molecular flexibility index (Phi) is 5.37. The van der Waals surface area contributed by atoms with E-state index in [4.69, 9.17) is 21.9 Å². The lowest BCUT2D eigenvalue weighted by atomic mass is 9.98. The molecule has 0 amide bonds. The SMILES string of the molecule is CC(c1nc(-c2ccc(Br)cc2Cl)no1)[C@H](N)C(F)=C1CCCC1. The highest BCUT2D eigenvalue weighted by molar-refractivity contribution is 9.10. The van der Waals surface area contributed by atoms with Gasteiger partial charge in [0.1, 0.15) is 5.83 Å². The van der Waals surface area contributed by atoms with Gasteiger partial charge in [0.15, 0.2) is 0 Å². The first-order valence-corrected chi connectivity index (χ1v) is 9.06. The molecule has 1 aromatic carbocycles. The van der Waals surface area contributed by atoms with E-state index in [1.165, 1.54) is 0 Å². The second-order valence-corrected chi connectivity index (χ2v) is 7.38. The summed E-state index contributed by atoms with van der Waals surface area (Å²) >= 11 is 9.56. The van der Waals surface area contributed by atoms with Gasteiger partial charge in [0, 0.05) is 10.0 Å². The maximum Gasteiger partial charge on any atom is 0.231 e. The van der Waals surface area contributed by atoms with Crippen molar-refractivity contribution in [2.45, 2.75) is 44.6 Å². The minimum atomic E-state index is -0.771. The first kappa shape index (κ1) is 17.6. The van der Waals surface area contributed by atoms with Gasteiger partial charge in [-0.15, -0.1) is 0 Å². The Morgan fingerprint density at radius 2 is 2.08 bits per heavy atom. The number of rotatable bonds is 4. The fourth-order valence-corrected chi connectivity index (χ4v) is 3.61. The molecule has 2 atom stereocenters. The molecule has 1 aromatic heterocycles. The highest BCUT2D eigenvalue weighted by atomic mass is 79.9. The van der Waals surface area contributed by atoms with Gasteiger partial charge >= 0.3 is 0 Å². The van der Waals surface area contributed by atoms with Crippen LogP contribution in [0.2, 0.25) is 5.02 Å². The predicted octanol–water partition coefficient (Wildman–Crippen LogP) is 5.38. The number of allylic oxidation sites excluding steroid dienone is 1. The zero-order valence-electron chi connectivity index (χ0n) is 13.2. The highest BCUT2D eigenvalue weighted by Gasteiger charge is 2.28. The first-order chi connectivity index (χ1) is 11.5. The normalized spacial score (nSPS) is 17.1. The summed E-state index contributed by atoms with van der Waals surface area (Å²) in [7, 11) is 0. The van der Waals surface area contributed by atoms with Gasteiger partial charge in [0.05, 0.1) is 17.0 Å². The zero-order chi connectivity index (χ0) is 17.3. The zero-order valence-corrected chi connectivity index (χ0v) is 15.6. The van der Waals surface area contributed by atoms with Crippen LogP contribution in [0.5, 0.6) is 0 Å². The van der Waals surface area contributed by atoms with E-state index in [1.807, 2.05) is 6.07 Å². The fourth-order valence-electron chi connectivity index (χ4n) is 2.85. The third-order valence-electron chi connectivity index (χ3n) is 4.38. The first-order valence-electron chi connectivity index (χ1n) is 7.89. The average molecular weight is 415 g/mol. The van der Waals surface area contributed by atoms with Gasteiger partial charge in [0.2, 0.25) is 11.7 Å². The second-order valence-electron chi connectivity index (χ2n) is 6.05. The molecule has 2 aromatic rings. The maximum atomic E-state index is 14.5. The lowest BCUT2D eigenvalue weighted by Crippen LogP contribution is -2.28. The van der Waals surface area contributed by atoms with Crippen LogP contribution in [-0.2, 0) is 0 Å². The van der Waals surface area contributed by atoms with Crippen molar-refractivity contribution in [3.8, 4) is 11.4 Å².